The van der Waals surface area contributed by atoms with E-state index in [1.165, 1.54) is 23.2 Å². The monoisotopic (exact) mass is 328 g/mol. The molecule has 1 aliphatic rings. The molecule has 1 aromatic heterocycles. The maximum atomic E-state index is 13.7. The van der Waals surface area contributed by atoms with Crippen molar-refractivity contribution in [2.24, 2.45) is 0 Å². The van der Waals surface area contributed by atoms with Crippen molar-refractivity contribution in [1.29, 1.82) is 0 Å². The number of fused-ring (bicyclic) bond motifs is 1. The van der Waals surface area contributed by atoms with Crippen LogP contribution in [0.4, 0.5) is 4.39 Å². The Morgan fingerprint density at radius 1 is 1.29 bits per heavy atom. The van der Waals surface area contributed by atoms with Crippen molar-refractivity contribution < 1.29 is 18.7 Å². The molecule has 1 unspecified atom stereocenters. The predicted molar refractivity (Wildman–Crippen MR) is 84.8 cm³/mol. The number of rotatable bonds is 5. The number of amides is 1. The zero-order valence-corrected chi connectivity index (χ0v) is 13.2. The Hall–Kier alpha value is -2.76. The lowest BCUT2D eigenvalue weighted by atomic mass is 10.0. The number of hydrogen-bond acceptors (Lipinski definition) is 4. The van der Waals surface area contributed by atoms with Crippen molar-refractivity contribution >= 4 is 11.9 Å². The number of carbonyl (C=O) groups is 2. The van der Waals surface area contributed by atoms with Crippen LogP contribution in [-0.4, -0.2) is 34.9 Å². The molecule has 1 atom stereocenters. The Balaban J connectivity index is 1.86. The second-order valence-electron chi connectivity index (χ2n) is 5.42. The first-order valence-electron chi connectivity index (χ1n) is 7.79. The topological polar surface area (TPSA) is 59.5 Å². The smallest absolute Gasteiger partial charge is 0.333 e. The summed E-state index contributed by atoms with van der Waals surface area (Å²) in [4.78, 5) is 30.4. The summed E-state index contributed by atoms with van der Waals surface area (Å²) >= 11 is 0. The van der Waals surface area contributed by atoms with Gasteiger partial charge in [0.15, 0.2) is 6.04 Å². The number of ether oxygens (including phenoxy) is 1. The lowest BCUT2D eigenvalue weighted by Gasteiger charge is -2.23. The molecule has 2 heterocycles. The maximum absolute atomic E-state index is 13.7. The van der Waals surface area contributed by atoms with Crippen molar-refractivity contribution in [3.8, 4) is 0 Å². The van der Waals surface area contributed by atoms with Crippen LogP contribution in [0.2, 0.25) is 0 Å². The van der Waals surface area contributed by atoms with E-state index in [1.54, 1.807) is 31.2 Å². The van der Waals surface area contributed by atoms with Crippen LogP contribution in [0, 0.1) is 5.82 Å². The summed E-state index contributed by atoms with van der Waals surface area (Å²) in [6, 6.07) is 9.01. The normalized spacial score (nSPS) is 16.2. The number of carbonyl (C=O) groups excluding carboxylic acids is 2. The van der Waals surface area contributed by atoms with E-state index >= 15 is 0 Å². The first kappa shape index (κ1) is 16.1. The van der Waals surface area contributed by atoms with Crippen molar-refractivity contribution in [1.82, 2.24) is 9.88 Å². The minimum absolute atomic E-state index is 0.185. The highest BCUT2D eigenvalue weighted by Crippen LogP contribution is 2.34. The molecule has 0 fully saturated rings. The second kappa shape index (κ2) is 6.78. The predicted octanol–water partition coefficient (Wildman–Crippen LogP) is 2.52. The molecule has 0 radical (unpaired) electrons. The van der Waals surface area contributed by atoms with Gasteiger partial charge in [0.1, 0.15) is 5.82 Å². The first-order valence-corrected chi connectivity index (χ1v) is 7.79. The van der Waals surface area contributed by atoms with Crippen LogP contribution in [0.1, 0.15) is 34.6 Å². The molecule has 6 heteroatoms. The third kappa shape index (κ3) is 2.87. The molecule has 0 aliphatic carbocycles. The molecular formula is C18H17FN2O3. The Labute approximate surface area is 139 Å². The molecular weight excluding hydrogens is 311 g/mol. The van der Waals surface area contributed by atoms with E-state index in [2.05, 4.69) is 4.98 Å². The van der Waals surface area contributed by atoms with Crippen molar-refractivity contribution in [2.45, 2.75) is 19.4 Å². The number of halogens is 1. The zero-order valence-electron chi connectivity index (χ0n) is 13.2. The van der Waals surface area contributed by atoms with E-state index in [-0.39, 0.29) is 31.2 Å². The molecule has 24 heavy (non-hydrogen) atoms. The van der Waals surface area contributed by atoms with E-state index in [1.807, 2.05) is 0 Å². The van der Waals surface area contributed by atoms with Crippen LogP contribution in [0.15, 0.2) is 42.6 Å². The van der Waals surface area contributed by atoms with E-state index in [9.17, 15) is 14.0 Å². The van der Waals surface area contributed by atoms with Crippen LogP contribution in [0.5, 0.6) is 0 Å². The molecule has 0 N–H and O–H groups in total. The quantitative estimate of drug-likeness (QED) is 0.792. The van der Waals surface area contributed by atoms with Crippen LogP contribution in [-0.2, 0) is 16.0 Å². The van der Waals surface area contributed by atoms with Gasteiger partial charge in [-0.25, -0.2) is 9.18 Å². The first-order chi connectivity index (χ1) is 11.6. The SMILES string of the molecule is CCOC(=O)C1c2ccccc2C(=O)N1CCc1ncccc1F. The Bertz CT molecular complexity index is 778. The van der Waals surface area contributed by atoms with Crippen molar-refractivity contribution in [2.75, 3.05) is 13.2 Å². The Morgan fingerprint density at radius 3 is 2.83 bits per heavy atom. The molecule has 2 aromatic rings. The molecule has 0 saturated carbocycles. The van der Waals surface area contributed by atoms with Gasteiger partial charge in [-0.15, -0.1) is 0 Å². The molecule has 3 rings (SSSR count). The van der Waals surface area contributed by atoms with Crippen molar-refractivity contribution in [3.05, 3.63) is 65.2 Å². The fourth-order valence-corrected chi connectivity index (χ4v) is 2.90. The number of aromatic nitrogens is 1. The minimum atomic E-state index is -0.791. The summed E-state index contributed by atoms with van der Waals surface area (Å²) < 4.78 is 18.9. The van der Waals surface area contributed by atoms with E-state index in [0.717, 1.165) is 0 Å². The molecule has 5 nitrogen and oxygen atoms in total. The number of benzene rings is 1. The van der Waals surface area contributed by atoms with Crippen LogP contribution >= 0.6 is 0 Å². The molecule has 1 aliphatic heterocycles. The molecule has 124 valence electrons. The van der Waals surface area contributed by atoms with Gasteiger partial charge in [-0.2, -0.15) is 0 Å². The maximum Gasteiger partial charge on any atom is 0.333 e. The highest BCUT2D eigenvalue weighted by Gasteiger charge is 2.41. The summed E-state index contributed by atoms with van der Waals surface area (Å²) in [5.41, 5.74) is 1.38. The van der Waals surface area contributed by atoms with Gasteiger partial charge in [0, 0.05) is 24.7 Å². The minimum Gasteiger partial charge on any atom is -0.464 e. The van der Waals surface area contributed by atoms with Gasteiger partial charge in [0.25, 0.3) is 5.91 Å². The number of hydrogen-bond donors (Lipinski definition) is 0. The summed E-state index contributed by atoms with van der Waals surface area (Å²) in [7, 11) is 0. The average molecular weight is 328 g/mol. The summed E-state index contributed by atoms with van der Waals surface area (Å²) in [5.74, 6) is -1.15. The Kier molecular flexibility index (Phi) is 4.55. The third-order valence-corrected chi connectivity index (χ3v) is 3.99. The van der Waals surface area contributed by atoms with Gasteiger partial charge in [-0.1, -0.05) is 18.2 Å². The van der Waals surface area contributed by atoms with Gasteiger partial charge >= 0.3 is 5.97 Å². The molecule has 0 spiro atoms. The van der Waals surface area contributed by atoms with Gasteiger partial charge in [0.2, 0.25) is 0 Å². The third-order valence-electron chi connectivity index (χ3n) is 3.99. The highest BCUT2D eigenvalue weighted by molar-refractivity contribution is 6.03. The molecule has 0 bridgehead atoms. The molecule has 1 amide bonds. The van der Waals surface area contributed by atoms with Crippen molar-refractivity contribution in [3.63, 3.8) is 0 Å². The highest BCUT2D eigenvalue weighted by atomic mass is 19.1. The van der Waals surface area contributed by atoms with Crippen LogP contribution in [0.3, 0.4) is 0 Å². The van der Waals surface area contributed by atoms with Gasteiger partial charge in [0.05, 0.1) is 12.3 Å². The lowest BCUT2D eigenvalue weighted by molar-refractivity contribution is -0.148. The van der Waals surface area contributed by atoms with E-state index in [0.29, 0.717) is 11.1 Å². The summed E-state index contributed by atoms with van der Waals surface area (Å²) in [5, 5.41) is 0. The Morgan fingerprint density at radius 2 is 2.08 bits per heavy atom. The largest absolute Gasteiger partial charge is 0.464 e. The van der Waals surface area contributed by atoms with Crippen LogP contribution in [0.25, 0.3) is 0 Å². The number of nitrogens with zero attached hydrogens (tertiary/aromatic N) is 2. The van der Waals surface area contributed by atoms with E-state index < -0.39 is 17.8 Å². The van der Waals surface area contributed by atoms with E-state index in [4.69, 9.17) is 4.74 Å². The van der Waals surface area contributed by atoms with Gasteiger partial charge in [-0.3, -0.25) is 9.78 Å². The van der Waals surface area contributed by atoms with Crippen LogP contribution < -0.4 is 0 Å². The second-order valence-corrected chi connectivity index (χ2v) is 5.42. The summed E-state index contributed by atoms with van der Waals surface area (Å²) in [6.45, 7) is 2.13. The number of esters is 1. The zero-order chi connectivity index (χ0) is 17.1. The van der Waals surface area contributed by atoms with Gasteiger partial charge < -0.3 is 9.64 Å². The standard InChI is InChI=1S/C18H17FN2O3/c1-2-24-18(23)16-12-6-3-4-7-13(12)17(22)21(16)11-9-15-14(19)8-5-10-20-15/h3-8,10,16H,2,9,11H2,1H3. The lowest BCUT2D eigenvalue weighted by Crippen LogP contribution is -2.35. The molecule has 0 saturated heterocycles. The average Bonchev–Trinajstić information content (AvgIpc) is 2.87. The van der Waals surface area contributed by atoms with Gasteiger partial charge in [-0.05, 0) is 30.7 Å². The fraction of sp³-hybridized carbons (Fsp3) is 0.278. The number of pyridine rings is 1. The fourth-order valence-electron chi connectivity index (χ4n) is 2.90. The summed E-state index contributed by atoms with van der Waals surface area (Å²) in [6.07, 6.45) is 1.73. The molecule has 1 aromatic carbocycles.